The van der Waals surface area contributed by atoms with Crippen molar-refractivity contribution in [1.82, 2.24) is 5.32 Å². The summed E-state index contributed by atoms with van der Waals surface area (Å²) < 4.78 is 0.304. The summed E-state index contributed by atoms with van der Waals surface area (Å²) >= 11 is 1.98. The van der Waals surface area contributed by atoms with E-state index in [1.165, 1.54) is 36.0 Å². The molecule has 0 atom stereocenters. The number of thioether (sulfide) groups is 1. The lowest BCUT2D eigenvalue weighted by Gasteiger charge is -2.22. The summed E-state index contributed by atoms with van der Waals surface area (Å²) in [5.41, 5.74) is 4.82. The molecule has 1 aliphatic carbocycles. The second-order valence-corrected chi connectivity index (χ2v) is 11.0. The van der Waals surface area contributed by atoms with E-state index >= 15 is 0 Å². The fourth-order valence-corrected chi connectivity index (χ4v) is 4.52. The van der Waals surface area contributed by atoms with Crippen LogP contribution in [0.2, 0.25) is 0 Å². The third-order valence-corrected chi connectivity index (χ3v) is 6.90. The van der Waals surface area contributed by atoms with Gasteiger partial charge in [0, 0.05) is 22.1 Å². The molecule has 1 fully saturated rings. The van der Waals surface area contributed by atoms with Crippen molar-refractivity contribution in [2.45, 2.75) is 82.3 Å². The predicted molar refractivity (Wildman–Crippen MR) is 126 cm³/mol. The van der Waals surface area contributed by atoms with Crippen LogP contribution in [0.3, 0.4) is 0 Å². The van der Waals surface area contributed by atoms with E-state index in [0.29, 0.717) is 10.8 Å². The van der Waals surface area contributed by atoms with E-state index in [4.69, 9.17) is 0 Å². The summed E-state index contributed by atoms with van der Waals surface area (Å²) in [5, 5.41) is 3.20. The predicted octanol–water partition coefficient (Wildman–Crippen LogP) is 6.57. The van der Waals surface area contributed by atoms with E-state index in [9.17, 15) is 4.79 Å². The normalized spacial score (nSPS) is 15.3. The van der Waals surface area contributed by atoms with Gasteiger partial charge in [-0.1, -0.05) is 76.4 Å². The van der Waals surface area contributed by atoms with Crippen molar-refractivity contribution in [3.05, 3.63) is 70.8 Å². The lowest BCUT2D eigenvalue weighted by atomic mass is 9.95. The minimum atomic E-state index is 0.0761. The fourth-order valence-electron chi connectivity index (χ4n) is 3.73. The number of hydrogen-bond donors (Lipinski definition) is 1. The van der Waals surface area contributed by atoms with Crippen molar-refractivity contribution in [1.29, 1.82) is 0 Å². The van der Waals surface area contributed by atoms with Gasteiger partial charge in [0.1, 0.15) is 0 Å². The minimum Gasteiger partial charge on any atom is -0.349 e. The Morgan fingerprint density at radius 2 is 1.38 bits per heavy atom. The van der Waals surface area contributed by atoms with E-state index in [2.05, 4.69) is 62.5 Å². The SMILES string of the molecule is CC(C)(C)SCc1ccc(CCc2ccc(C(=O)NC3CCCCC3)cc2)cc1. The smallest absolute Gasteiger partial charge is 0.251 e. The second kappa shape index (κ2) is 10.3. The monoisotopic (exact) mass is 409 g/mol. The van der Waals surface area contributed by atoms with Gasteiger partial charge >= 0.3 is 0 Å². The number of carbonyl (C=O) groups excluding carboxylic acids is 1. The van der Waals surface area contributed by atoms with Crippen LogP contribution in [-0.4, -0.2) is 16.7 Å². The van der Waals surface area contributed by atoms with Crippen LogP contribution < -0.4 is 5.32 Å². The molecule has 156 valence electrons. The molecule has 0 saturated heterocycles. The number of amides is 1. The van der Waals surface area contributed by atoms with E-state index < -0.39 is 0 Å². The average molecular weight is 410 g/mol. The number of rotatable bonds is 7. The van der Waals surface area contributed by atoms with Crippen LogP contribution in [0.25, 0.3) is 0 Å². The topological polar surface area (TPSA) is 29.1 Å². The number of nitrogens with one attached hydrogen (secondary N) is 1. The zero-order valence-corrected chi connectivity index (χ0v) is 19.0. The van der Waals surface area contributed by atoms with E-state index in [1.54, 1.807) is 0 Å². The second-order valence-electron chi connectivity index (χ2n) is 9.22. The highest BCUT2D eigenvalue weighted by Crippen LogP contribution is 2.27. The maximum Gasteiger partial charge on any atom is 0.251 e. The quantitative estimate of drug-likeness (QED) is 0.560. The number of carbonyl (C=O) groups is 1. The first kappa shape index (κ1) is 22.0. The first-order valence-corrected chi connectivity index (χ1v) is 12.0. The van der Waals surface area contributed by atoms with Crippen molar-refractivity contribution < 1.29 is 4.79 Å². The Balaban J connectivity index is 1.46. The van der Waals surface area contributed by atoms with Crippen molar-refractivity contribution in [3.8, 4) is 0 Å². The maximum atomic E-state index is 12.4. The number of hydrogen-bond acceptors (Lipinski definition) is 2. The molecule has 3 rings (SSSR count). The molecule has 1 aliphatic rings. The Hall–Kier alpha value is -1.74. The van der Waals surface area contributed by atoms with Crippen molar-refractivity contribution >= 4 is 17.7 Å². The van der Waals surface area contributed by atoms with E-state index in [1.807, 2.05) is 23.9 Å². The first-order valence-electron chi connectivity index (χ1n) is 11.0. The van der Waals surface area contributed by atoms with Gasteiger partial charge in [-0.15, -0.1) is 0 Å². The summed E-state index contributed by atoms with van der Waals surface area (Å²) in [6.07, 6.45) is 8.05. The van der Waals surface area contributed by atoms with Gasteiger partial charge in [0.25, 0.3) is 5.91 Å². The molecule has 0 aliphatic heterocycles. The lowest BCUT2D eigenvalue weighted by Crippen LogP contribution is -2.36. The lowest BCUT2D eigenvalue weighted by molar-refractivity contribution is 0.0927. The van der Waals surface area contributed by atoms with Crippen LogP contribution in [0.5, 0.6) is 0 Å². The molecule has 3 heteroatoms. The molecule has 0 spiro atoms. The third-order valence-electron chi connectivity index (χ3n) is 5.55. The number of benzene rings is 2. The van der Waals surface area contributed by atoms with E-state index in [0.717, 1.165) is 37.0 Å². The van der Waals surface area contributed by atoms with Crippen LogP contribution in [0, 0.1) is 0 Å². The Morgan fingerprint density at radius 3 is 1.93 bits per heavy atom. The zero-order chi connectivity index (χ0) is 20.7. The molecule has 1 amide bonds. The molecule has 29 heavy (non-hydrogen) atoms. The van der Waals surface area contributed by atoms with Crippen molar-refractivity contribution in [2.75, 3.05) is 0 Å². The molecule has 1 saturated carbocycles. The molecule has 0 heterocycles. The Bertz CT molecular complexity index is 768. The van der Waals surface area contributed by atoms with Gasteiger partial charge in [0.05, 0.1) is 0 Å². The summed E-state index contributed by atoms with van der Waals surface area (Å²) in [7, 11) is 0. The third kappa shape index (κ3) is 7.54. The summed E-state index contributed by atoms with van der Waals surface area (Å²) in [5.74, 6) is 1.14. The summed E-state index contributed by atoms with van der Waals surface area (Å²) in [4.78, 5) is 12.4. The van der Waals surface area contributed by atoms with Crippen LogP contribution in [-0.2, 0) is 18.6 Å². The summed E-state index contributed by atoms with van der Waals surface area (Å²) in [6.45, 7) is 6.78. The molecule has 0 unspecified atom stereocenters. The number of aryl methyl sites for hydroxylation is 2. The first-order chi connectivity index (χ1) is 13.9. The highest BCUT2D eigenvalue weighted by Gasteiger charge is 2.16. The van der Waals surface area contributed by atoms with Gasteiger partial charge in [-0.25, -0.2) is 0 Å². The Morgan fingerprint density at radius 1 is 0.862 bits per heavy atom. The molecule has 0 aromatic heterocycles. The molecular weight excluding hydrogens is 374 g/mol. The largest absolute Gasteiger partial charge is 0.349 e. The standard InChI is InChI=1S/C26H35NOS/c1-26(2,3)29-19-22-13-11-20(12-14-22)9-10-21-15-17-23(18-16-21)25(28)27-24-7-5-4-6-8-24/h11-18,24H,4-10,19H2,1-3H3,(H,27,28). The summed E-state index contributed by atoms with van der Waals surface area (Å²) in [6, 6.07) is 17.5. The average Bonchev–Trinajstić information content (AvgIpc) is 2.72. The van der Waals surface area contributed by atoms with Gasteiger partial charge in [-0.3, -0.25) is 4.79 Å². The molecule has 2 nitrogen and oxygen atoms in total. The van der Waals surface area contributed by atoms with Crippen LogP contribution in [0.1, 0.15) is 79.9 Å². The molecule has 0 radical (unpaired) electrons. The molecule has 2 aromatic carbocycles. The van der Waals surface area contributed by atoms with Gasteiger partial charge < -0.3 is 5.32 Å². The van der Waals surface area contributed by atoms with Crippen LogP contribution in [0.4, 0.5) is 0 Å². The fraction of sp³-hybridized carbons (Fsp3) is 0.500. The van der Waals surface area contributed by atoms with Crippen molar-refractivity contribution in [2.24, 2.45) is 0 Å². The highest BCUT2D eigenvalue weighted by atomic mass is 32.2. The Labute approximate surface area is 180 Å². The van der Waals surface area contributed by atoms with Gasteiger partial charge in [0.15, 0.2) is 0 Å². The zero-order valence-electron chi connectivity index (χ0n) is 18.2. The molecular formula is C26H35NOS. The Kier molecular flexibility index (Phi) is 7.83. The minimum absolute atomic E-state index is 0.0761. The van der Waals surface area contributed by atoms with Gasteiger partial charge in [0.2, 0.25) is 0 Å². The van der Waals surface area contributed by atoms with Gasteiger partial charge in [-0.05, 0) is 54.5 Å². The van der Waals surface area contributed by atoms with Crippen molar-refractivity contribution in [3.63, 3.8) is 0 Å². The maximum absolute atomic E-state index is 12.4. The highest BCUT2D eigenvalue weighted by molar-refractivity contribution is 7.99. The molecule has 2 aromatic rings. The van der Waals surface area contributed by atoms with Crippen LogP contribution >= 0.6 is 11.8 Å². The molecule has 0 bridgehead atoms. The molecule has 1 N–H and O–H groups in total. The van der Waals surface area contributed by atoms with E-state index in [-0.39, 0.29) is 5.91 Å². The van der Waals surface area contributed by atoms with Gasteiger partial charge in [-0.2, -0.15) is 11.8 Å². The van der Waals surface area contributed by atoms with Crippen LogP contribution in [0.15, 0.2) is 48.5 Å².